The van der Waals surface area contributed by atoms with Gasteiger partial charge in [0, 0.05) is 29.3 Å². The van der Waals surface area contributed by atoms with E-state index in [-0.39, 0.29) is 0 Å². The quantitative estimate of drug-likeness (QED) is 0.739. The van der Waals surface area contributed by atoms with Crippen molar-refractivity contribution in [2.75, 3.05) is 13.2 Å². The van der Waals surface area contributed by atoms with Crippen LogP contribution in [0.25, 0.3) is 0 Å². The molecule has 0 amide bonds. The summed E-state index contributed by atoms with van der Waals surface area (Å²) < 4.78 is 7.31. The summed E-state index contributed by atoms with van der Waals surface area (Å²) in [6.45, 7) is 1.72. The molecule has 1 aromatic rings. The Hall–Kier alpha value is 0.0700. The first-order valence-corrected chi connectivity index (χ1v) is 6.25. The van der Waals surface area contributed by atoms with Crippen molar-refractivity contribution in [3.63, 3.8) is 0 Å². The Bertz CT molecular complexity index is 304. The van der Waals surface area contributed by atoms with Crippen molar-refractivity contribution in [1.29, 1.82) is 0 Å². The fourth-order valence-corrected chi connectivity index (χ4v) is 2.90. The summed E-state index contributed by atoms with van der Waals surface area (Å²) in [5, 5.41) is 0. The van der Waals surface area contributed by atoms with Crippen molar-refractivity contribution in [3.05, 3.63) is 26.9 Å². The molecule has 1 aromatic heterocycles. The van der Waals surface area contributed by atoms with Crippen LogP contribution in [0.5, 0.6) is 0 Å². The van der Waals surface area contributed by atoms with Crippen LogP contribution in [0.2, 0.25) is 0 Å². The van der Waals surface area contributed by atoms with Crippen LogP contribution in [0.3, 0.4) is 0 Å². The third kappa shape index (κ3) is 2.55. The van der Waals surface area contributed by atoms with Crippen molar-refractivity contribution in [3.8, 4) is 0 Å². The van der Waals surface area contributed by atoms with Crippen LogP contribution in [0, 0.1) is 0 Å². The van der Waals surface area contributed by atoms with Gasteiger partial charge in [-0.1, -0.05) is 15.9 Å². The number of halogens is 2. The molecule has 0 bridgehead atoms. The van der Waals surface area contributed by atoms with Crippen LogP contribution < -0.4 is 0 Å². The molecular formula is C10H11Br2NO. The molecule has 1 saturated heterocycles. The van der Waals surface area contributed by atoms with Crippen LogP contribution in [-0.2, 0) is 4.74 Å². The van der Waals surface area contributed by atoms with Crippen LogP contribution in [0.15, 0.2) is 21.2 Å². The number of aromatic nitrogens is 1. The Morgan fingerprint density at radius 3 is 2.57 bits per heavy atom. The number of rotatable bonds is 1. The zero-order valence-electron chi connectivity index (χ0n) is 7.67. The van der Waals surface area contributed by atoms with Gasteiger partial charge in [0.15, 0.2) is 0 Å². The highest BCUT2D eigenvalue weighted by Gasteiger charge is 2.17. The lowest BCUT2D eigenvalue weighted by Crippen LogP contribution is -2.15. The van der Waals surface area contributed by atoms with E-state index in [1.54, 1.807) is 0 Å². The van der Waals surface area contributed by atoms with Gasteiger partial charge in [-0.2, -0.15) is 0 Å². The minimum Gasteiger partial charge on any atom is -0.381 e. The third-order valence-corrected chi connectivity index (χ3v) is 3.28. The average molecular weight is 321 g/mol. The number of nitrogens with zero attached hydrogens (tertiary/aromatic N) is 1. The Kier molecular flexibility index (Phi) is 3.57. The lowest BCUT2D eigenvalue weighted by atomic mass is 9.96. The van der Waals surface area contributed by atoms with Gasteiger partial charge in [0.25, 0.3) is 0 Å². The highest BCUT2D eigenvalue weighted by molar-refractivity contribution is 9.11. The van der Waals surface area contributed by atoms with Crippen LogP contribution in [0.4, 0.5) is 0 Å². The molecular weight excluding hydrogens is 310 g/mol. The summed E-state index contributed by atoms with van der Waals surface area (Å²) in [7, 11) is 0. The topological polar surface area (TPSA) is 22.1 Å². The molecule has 1 aliphatic rings. The van der Waals surface area contributed by atoms with Gasteiger partial charge >= 0.3 is 0 Å². The lowest BCUT2D eigenvalue weighted by Gasteiger charge is -2.21. The second-order valence-electron chi connectivity index (χ2n) is 3.42. The number of hydrogen-bond donors (Lipinski definition) is 0. The number of hydrogen-bond acceptors (Lipinski definition) is 2. The van der Waals surface area contributed by atoms with E-state index < -0.39 is 0 Å². The largest absolute Gasteiger partial charge is 0.381 e. The molecule has 0 aromatic carbocycles. The minimum absolute atomic E-state index is 0.553. The predicted molar refractivity (Wildman–Crippen MR) is 62.4 cm³/mol. The Morgan fingerprint density at radius 2 is 1.93 bits per heavy atom. The van der Waals surface area contributed by atoms with Crippen molar-refractivity contribution < 1.29 is 4.74 Å². The Labute approximate surface area is 100 Å². The van der Waals surface area contributed by atoms with Crippen molar-refractivity contribution in [2.45, 2.75) is 18.8 Å². The van der Waals surface area contributed by atoms with E-state index in [1.807, 2.05) is 6.07 Å². The summed E-state index contributed by atoms with van der Waals surface area (Å²) in [5.41, 5.74) is 1.16. The number of pyridine rings is 1. The maximum Gasteiger partial charge on any atom is 0.107 e. The van der Waals surface area contributed by atoms with Gasteiger partial charge in [0.1, 0.15) is 4.60 Å². The molecule has 76 valence electrons. The molecule has 0 unspecified atom stereocenters. The highest BCUT2D eigenvalue weighted by Crippen LogP contribution is 2.28. The first-order chi connectivity index (χ1) is 6.75. The molecule has 0 aliphatic carbocycles. The van der Waals surface area contributed by atoms with Crippen LogP contribution >= 0.6 is 31.9 Å². The van der Waals surface area contributed by atoms with Crippen molar-refractivity contribution in [2.24, 2.45) is 0 Å². The molecule has 4 heteroatoms. The zero-order chi connectivity index (χ0) is 9.97. The fraction of sp³-hybridized carbons (Fsp3) is 0.500. The Balaban J connectivity index is 2.21. The standard InChI is InChI=1S/C10H11Br2NO/c11-8-5-9(13-10(12)6-8)7-1-3-14-4-2-7/h5-7H,1-4H2. The van der Waals surface area contributed by atoms with Crippen molar-refractivity contribution in [1.82, 2.24) is 4.98 Å². The summed E-state index contributed by atoms with van der Waals surface area (Å²) in [4.78, 5) is 4.49. The zero-order valence-corrected chi connectivity index (χ0v) is 10.8. The second-order valence-corrected chi connectivity index (χ2v) is 5.15. The summed E-state index contributed by atoms with van der Waals surface area (Å²) in [5.74, 6) is 0.553. The number of ether oxygens (including phenoxy) is 1. The van der Waals surface area contributed by atoms with E-state index in [0.29, 0.717) is 5.92 Å². The normalized spacial score (nSPS) is 18.4. The molecule has 0 N–H and O–H groups in total. The second kappa shape index (κ2) is 4.73. The summed E-state index contributed by atoms with van der Waals surface area (Å²) in [6, 6.07) is 4.06. The van der Waals surface area contributed by atoms with E-state index >= 15 is 0 Å². The van der Waals surface area contributed by atoms with Gasteiger partial charge in [-0.3, -0.25) is 0 Å². The van der Waals surface area contributed by atoms with Gasteiger partial charge in [-0.05, 0) is 40.9 Å². The monoisotopic (exact) mass is 319 g/mol. The molecule has 1 aliphatic heterocycles. The molecule has 14 heavy (non-hydrogen) atoms. The van der Waals surface area contributed by atoms with Gasteiger partial charge < -0.3 is 4.74 Å². The predicted octanol–water partition coefficient (Wildman–Crippen LogP) is 3.50. The summed E-state index contributed by atoms with van der Waals surface area (Å²) in [6.07, 6.45) is 2.16. The smallest absolute Gasteiger partial charge is 0.107 e. The van der Waals surface area contributed by atoms with Crippen molar-refractivity contribution >= 4 is 31.9 Å². The SMILES string of the molecule is Brc1cc(Br)nc(C2CCOCC2)c1. The van der Waals surface area contributed by atoms with Gasteiger partial charge in [0.05, 0.1) is 0 Å². The van der Waals surface area contributed by atoms with E-state index in [1.165, 1.54) is 0 Å². The minimum atomic E-state index is 0.553. The maximum absolute atomic E-state index is 5.33. The van der Waals surface area contributed by atoms with Gasteiger partial charge in [-0.15, -0.1) is 0 Å². The molecule has 0 spiro atoms. The Morgan fingerprint density at radius 1 is 1.21 bits per heavy atom. The first-order valence-electron chi connectivity index (χ1n) is 4.66. The molecule has 2 rings (SSSR count). The maximum atomic E-state index is 5.33. The fourth-order valence-electron chi connectivity index (χ4n) is 1.69. The van der Waals surface area contributed by atoms with E-state index in [9.17, 15) is 0 Å². The van der Waals surface area contributed by atoms with Crippen LogP contribution in [-0.4, -0.2) is 18.2 Å². The van der Waals surface area contributed by atoms with Gasteiger partial charge in [0.2, 0.25) is 0 Å². The summed E-state index contributed by atoms with van der Waals surface area (Å²) >= 11 is 6.89. The van der Waals surface area contributed by atoms with E-state index in [2.05, 4.69) is 42.9 Å². The first kappa shape index (κ1) is 10.6. The molecule has 2 nitrogen and oxygen atoms in total. The van der Waals surface area contributed by atoms with Gasteiger partial charge in [-0.25, -0.2) is 4.98 Å². The molecule has 2 heterocycles. The highest BCUT2D eigenvalue weighted by atomic mass is 79.9. The third-order valence-electron chi connectivity index (χ3n) is 2.42. The molecule has 0 saturated carbocycles. The average Bonchev–Trinajstić information content (AvgIpc) is 2.18. The van der Waals surface area contributed by atoms with E-state index in [0.717, 1.165) is 40.8 Å². The van der Waals surface area contributed by atoms with E-state index in [4.69, 9.17) is 4.74 Å². The molecule has 0 radical (unpaired) electrons. The van der Waals surface area contributed by atoms with Crippen LogP contribution in [0.1, 0.15) is 24.5 Å². The molecule has 0 atom stereocenters. The lowest BCUT2D eigenvalue weighted by molar-refractivity contribution is 0.0844. The molecule has 1 fully saturated rings.